The zero-order valence-electron chi connectivity index (χ0n) is 17.5. The molecule has 0 radical (unpaired) electrons. The second-order valence-electron chi connectivity index (χ2n) is 6.53. The van der Waals surface area contributed by atoms with Gasteiger partial charge in [-0.3, -0.25) is 9.54 Å². The quantitative estimate of drug-likeness (QED) is 0.246. The number of aromatic nitrogens is 4. The van der Waals surface area contributed by atoms with Crippen LogP contribution in [0.2, 0.25) is 0 Å². The fourth-order valence-electron chi connectivity index (χ4n) is 2.89. The van der Waals surface area contributed by atoms with Gasteiger partial charge in [-0.1, -0.05) is 30.3 Å². The van der Waals surface area contributed by atoms with Gasteiger partial charge in [-0.25, -0.2) is 13.4 Å². The molecule has 14 heteroatoms. The Kier molecular flexibility index (Phi) is 8.74. The number of hydrogen-bond acceptors (Lipinski definition) is 9. The largest absolute Gasteiger partial charge is 1.00 e. The smallest absolute Gasteiger partial charge is 0.744 e. The van der Waals surface area contributed by atoms with Crippen molar-refractivity contribution in [1.29, 1.82) is 0 Å². The molecular formula is C20H15N4NaO7S2. The minimum Gasteiger partial charge on any atom is -0.744 e. The minimum absolute atomic E-state index is 0. The predicted molar refractivity (Wildman–Crippen MR) is 115 cm³/mol. The second kappa shape index (κ2) is 10.8. The van der Waals surface area contributed by atoms with Crippen molar-refractivity contribution in [2.24, 2.45) is 0 Å². The first-order valence-corrected chi connectivity index (χ1v) is 11.8. The Labute approximate surface area is 217 Å². The fourth-order valence-corrected chi connectivity index (χ4v) is 3.84. The van der Waals surface area contributed by atoms with E-state index in [-0.39, 0.29) is 51.4 Å². The molecule has 2 aromatic carbocycles. The summed E-state index contributed by atoms with van der Waals surface area (Å²) in [6.45, 7) is 0. The van der Waals surface area contributed by atoms with E-state index in [0.717, 1.165) is 12.1 Å². The van der Waals surface area contributed by atoms with Gasteiger partial charge in [-0.15, -0.1) is 10.2 Å². The van der Waals surface area contributed by atoms with Gasteiger partial charge in [0.05, 0.1) is 9.79 Å². The molecule has 4 aromatic rings. The average molecular weight is 510 g/mol. The van der Waals surface area contributed by atoms with Crippen LogP contribution in [0.3, 0.4) is 0 Å². The minimum atomic E-state index is -4.62. The Hall–Kier alpha value is -2.62. The number of pyridine rings is 1. The molecule has 0 saturated heterocycles. The predicted octanol–water partition coefficient (Wildman–Crippen LogP) is -1.40. The van der Waals surface area contributed by atoms with Crippen molar-refractivity contribution in [3.05, 3.63) is 72.9 Å². The zero-order valence-corrected chi connectivity index (χ0v) is 21.2. The summed E-state index contributed by atoms with van der Waals surface area (Å²) in [5.41, 5.74) is 1.91. The van der Waals surface area contributed by atoms with E-state index in [1.54, 1.807) is 24.4 Å². The summed E-state index contributed by atoms with van der Waals surface area (Å²) in [6, 6.07) is 15.6. The topological polar surface area (TPSA) is 195 Å². The summed E-state index contributed by atoms with van der Waals surface area (Å²) in [5, 5.41) is 8.32. The molecule has 0 atom stereocenters. The van der Waals surface area contributed by atoms with Crippen LogP contribution in [0.1, 0.15) is 0 Å². The van der Waals surface area contributed by atoms with Gasteiger partial charge < -0.3 is 10.0 Å². The first-order valence-electron chi connectivity index (χ1n) is 8.93. The maximum Gasteiger partial charge on any atom is 1.00 e. The van der Waals surface area contributed by atoms with Crippen molar-refractivity contribution in [3.8, 4) is 34.0 Å². The van der Waals surface area contributed by atoms with Gasteiger partial charge in [0, 0.05) is 17.3 Å². The van der Waals surface area contributed by atoms with Crippen LogP contribution in [0.15, 0.2) is 82.7 Å². The fraction of sp³-hybridized carbons (Fsp3) is 0. The van der Waals surface area contributed by atoms with Crippen LogP contribution in [0, 0.1) is 0 Å². The van der Waals surface area contributed by atoms with Crippen LogP contribution in [0.25, 0.3) is 34.0 Å². The van der Waals surface area contributed by atoms with E-state index in [2.05, 4.69) is 20.2 Å². The van der Waals surface area contributed by atoms with Crippen LogP contribution >= 0.6 is 0 Å². The van der Waals surface area contributed by atoms with Gasteiger partial charge >= 0.3 is 29.6 Å². The number of benzene rings is 2. The van der Waals surface area contributed by atoms with Crippen molar-refractivity contribution in [3.63, 3.8) is 0 Å². The van der Waals surface area contributed by atoms with Gasteiger partial charge in [-0.05, 0) is 36.4 Å². The third-order valence-electron chi connectivity index (χ3n) is 4.42. The molecule has 0 spiro atoms. The van der Waals surface area contributed by atoms with Crippen molar-refractivity contribution in [2.45, 2.75) is 9.79 Å². The number of nitrogens with zero attached hydrogens (tertiary/aromatic N) is 4. The summed E-state index contributed by atoms with van der Waals surface area (Å²) in [6.07, 6.45) is 1.56. The molecular weight excluding hydrogens is 495 g/mol. The SMILES string of the molecule is O.O=S(=O)([O-])c1ccc(-c2nnc(-c3ccccn3)nc2-c2ccc(S(=O)(=O)O)cc2)cc1.[Na+]. The zero-order chi connectivity index (χ0) is 22.9. The Bertz CT molecular complexity index is 1500. The van der Waals surface area contributed by atoms with Crippen molar-refractivity contribution >= 4 is 20.2 Å². The summed E-state index contributed by atoms with van der Waals surface area (Å²) in [5.74, 6) is 0.210. The third-order valence-corrected chi connectivity index (χ3v) is 6.14. The summed E-state index contributed by atoms with van der Waals surface area (Å²) in [4.78, 5) is 8.03. The van der Waals surface area contributed by atoms with Crippen LogP contribution in [0.4, 0.5) is 0 Å². The van der Waals surface area contributed by atoms with Gasteiger partial charge in [0.1, 0.15) is 27.2 Å². The first-order chi connectivity index (χ1) is 15.1. The molecule has 2 heterocycles. The van der Waals surface area contributed by atoms with E-state index in [0.29, 0.717) is 22.5 Å². The molecule has 0 fully saturated rings. The molecule has 3 N–H and O–H groups in total. The van der Waals surface area contributed by atoms with E-state index in [1.807, 2.05) is 0 Å². The molecule has 0 aliphatic rings. The summed E-state index contributed by atoms with van der Waals surface area (Å²) >= 11 is 0. The third kappa shape index (κ3) is 6.08. The van der Waals surface area contributed by atoms with Crippen LogP contribution in [0.5, 0.6) is 0 Å². The van der Waals surface area contributed by atoms with Crippen LogP contribution in [-0.2, 0) is 20.2 Å². The van der Waals surface area contributed by atoms with E-state index in [9.17, 15) is 25.9 Å². The van der Waals surface area contributed by atoms with Crippen molar-refractivity contribution < 1.29 is 61.0 Å². The normalized spacial score (nSPS) is 11.2. The molecule has 0 aliphatic carbocycles. The standard InChI is InChI=1S/C20H14N4O6S2.Na.H2O/c25-31(26,27)15-8-4-13(5-9-15)18-19(14-6-10-16(11-7-14)32(28,29)30)23-24-20(22-18)17-3-1-2-12-21-17;;/h1-12H,(H,25,26,27)(H,28,29,30);;1H2/q;+1;/p-1. The van der Waals surface area contributed by atoms with E-state index in [1.165, 1.54) is 36.4 Å². The molecule has 4 rings (SSSR count). The summed E-state index contributed by atoms with van der Waals surface area (Å²) in [7, 11) is -8.99. The van der Waals surface area contributed by atoms with Gasteiger partial charge in [0.2, 0.25) is 5.82 Å². The molecule has 170 valence electrons. The van der Waals surface area contributed by atoms with Crippen LogP contribution in [-0.4, -0.2) is 51.6 Å². The average Bonchev–Trinajstić information content (AvgIpc) is 2.78. The molecule has 11 nitrogen and oxygen atoms in total. The van der Waals surface area contributed by atoms with E-state index >= 15 is 0 Å². The van der Waals surface area contributed by atoms with E-state index < -0.39 is 25.1 Å². The Morgan fingerprint density at radius 3 is 1.79 bits per heavy atom. The molecule has 0 bridgehead atoms. The second-order valence-corrected chi connectivity index (χ2v) is 9.33. The number of rotatable bonds is 5. The molecule has 0 saturated carbocycles. The Morgan fingerprint density at radius 2 is 1.29 bits per heavy atom. The van der Waals surface area contributed by atoms with Gasteiger partial charge in [-0.2, -0.15) is 8.42 Å². The molecule has 34 heavy (non-hydrogen) atoms. The van der Waals surface area contributed by atoms with Crippen LogP contribution < -0.4 is 29.6 Å². The van der Waals surface area contributed by atoms with Crippen molar-refractivity contribution in [2.75, 3.05) is 0 Å². The maximum absolute atomic E-state index is 11.4. The van der Waals surface area contributed by atoms with Gasteiger partial charge in [0.25, 0.3) is 10.1 Å². The van der Waals surface area contributed by atoms with Gasteiger partial charge in [0.15, 0.2) is 0 Å². The monoisotopic (exact) mass is 510 g/mol. The molecule has 0 amide bonds. The maximum atomic E-state index is 11.4. The Morgan fingerprint density at radius 1 is 0.735 bits per heavy atom. The summed E-state index contributed by atoms with van der Waals surface area (Å²) < 4.78 is 65.6. The number of hydrogen-bond donors (Lipinski definition) is 1. The molecule has 0 aliphatic heterocycles. The first kappa shape index (κ1) is 27.6. The molecule has 2 aromatic heterocycles. The Balaban J connectivity index is 0.00000204. The molecule has 0 unspecified atom stereocenters. The van der Waals surface area contributed by atoms with E-state index in [4.69, 9.17) is 0 Å². The van der Waals surface area contributed by atoms with Crippen molar-refractivity contribution in [1.82, 2.24) is 20.2 Å².